The molecule has 0 aliphatic rings. The standard InChI is InChI=1S/C13H16BrN3O/c1-2-17-12(15-16-13(17)18)8-4-6-10-5-3-7-11(14)9-10/h3,5,7,9H,2,4,6,8H2,1H3,(H,16,18). The molecule has 0 saturated heterocycles. The molecule has 1 aromatic heterocycles. The second-order valence-corrected chi connectivity index (χ2v) is 5.09. The number of rotatable bonds is 5. The summed E-state index contributed by atoms with van der Waals surface area (Å²) in [6.45, 7) is 2.62. The van der Waals surface area contributed by atoms with E-state index in [-0.39, 0.29) is 5.69 Å². The summed E-state index contributed by atoms with van der Waals surface area (Å²) in [6.07, 6.45) is 2.80. The van der Waals surface area contributed by atoms with Crippen LogP contribution in [-0.4, -0.2) is 14.8 Å². The Morgan fingerprint density at radius 2 is 2.22 bits per heavy atom. The number of aromatic nitrogens is 3. The molecule has 1 aromatic carbocycles. The Morgan fingerprint density at radius 1 is 1.39 bits per heavy atom. The van der Waals surface area contributed by atoms with Crippen molar-refractivity contribution in [3.63, 3.8) is 0 Å². The summed E-state index contributed by atoms with van der Waals surface area (Å²) in [5, 5.41) is 6.55. The van der Waals surface area contributed by atoms with Crippen LogP contribution in [0.2, 0.25) is 0 Å². The molecule has 0 radical (unpaired) electrons. The van der Waals surface area contributed by atoms with E-state index in [9.17, 15) is 4.79 Å². The van der Waals surface area contributed by atoms with Crippen molar-refractivity contribution < 1.29 is 0 Å². The summed E-state index contributed by atoms with van der Waals surface area (Å²) in [6, 6.07) is 8.29. The van der Waals surface area contributed by atoms with Crippen LogP contribution < -0.4 is 5.69 Å². The third kappa shape index (κ3) is 3.10. The molecule has 0 aliphatic carbocycles. The molecular formula is C13H16BrN3O. The maximum atomic E-state index is 11.4. The number of nitrogens with zero attached hydrogens (tertiary/aromatic N) is 2. The lowest BCUT2D eigenvalue weighted by atomic mass is 10.1. The minimum Gasteiger partial charge on any atom is -0.279 e. The van der Waals surface area contributed by atoms with Crippen LogP contribution >= 0.6 is 15.9 Å². The molecule has 2 aromatic rings. The Morgan fingerprint density at radius 3 is 2.94 bits per heavy atom. The van der Waals surface area contributed by atoms with Gasteiger partial charge in [0.1, 0.15) is 5.82 Å². The van der Waals surface area contributed by atoms with Crippen LogP contribution in [0.15, 0.2) is 33.5 Å². The summed E-state index contributed by atoms with van der Waals surface area (Å²) in [5.74, 6) is 0.845. The predicted molar refractivity (Wildman–Crippen MR) is 74.7 cm³/mol. The van der Waals surface area contributed by atoms with Crippen LogP contribution in [0.4, 0.5) is 0 Å². The van der Waals surface area contributed by atoms with E-state index in [0.29, 0.717) is 6.54 Å². The van der Waals surface area contributed by atoms with Crippen LogP contribution in [0.1, 0.15) is 24.7 Å². The first-order valence-electron chi connectivity index (χ1n) is 6.09. The van der Waals surface area contributed by atoms with Crippen molar-refractivity contribution in [2.45, 2.75) is 32.7 Å². The van der Waals surface area contributed by atoms with Crippen molar-refractivity contribution in [1.29, 1.82) is 0 Å². The zero-order valence-corrected chi connectivity index (χ0v) is 11.9. The number of hydrogen-bond donors (Lipinski definition) is 1. The molecule has 2 rings (SSSR count). The number of hydrogen-bond acceptors (Lipinski definition) is 2. The largest absolute Gasteiger partial charge is 0.343 e. The van der Waals surface area contributed by atoms with E-state index in [4.69, 9.17) is 0 Å². The third-order valence-corrected chi connectivity index (χ3v) is 3.40. The molecule has 1 N–H and O–H groups in total. The van der Waals surface area contributed by atoms with E-state index in [1.807, 2.05) is 19.1 Å². The summed E-state index contributed by atoms with van der Waals surface area (Å²) < 4.78 is 2.78. The van der Waals surface area contributed by atoms with E-state index < -0.39 is 0 Å². The Kier molecular flexibility index (Phi) is 4.36. The van der Waals surface area contributed by atoms with Crippen LogP contribution in [-0.2, 0) is 19.4 Å². The maximum Gasteiger partial charge on any atom is 0.343 e. The van der Waals surface area contributed by atoms with Crippen molar-refractivity contribution in [3.8, 4) is 0 Å². The zero-order valence-electron chi connectivity index (χ0n) is 10.3. The van der Waals surface area contributed by atoms with Gasteiger partial charge >= 0.3 is 5.69 Å². The third-order valence-electron chi connectivity index (χ3n) is 2.91. The van der Waals surface area contributed by atoms with E-state index in [1.165, 1.54) is 5.56 Å². The van der Waals surface area contributed by atoms with E-state index in [0.717, 1.165) is 29.6 Å². The molecule has 0 saturated carbocycles. The molecular weight excluding hydrogens is 294 g/mol. The highest BCUT2D eigenvalue weighted by Gasteiger charge is 2.05. The SMILES string of the molecule is CCn1c(CCCc2cccc(Br)c2)n[nH]c1=O. The van der Waals surface area contributed by atoms with Crippen molar-refractivity contribution in [2.75, 3.05) is 0 Å². The molecule has 0 fully saturated rings. The molecule has 1 heterocycles. The Hall–Kier alpha value is -1.36. The lowest BCUT2D eigenvalue weighted by Gasteiger charge is -2.03. The zero-order chi connectivity index (χ0) is 13.0. The highest BCUT2D eigenvalue weighted by molar-refractivity contribution is 9.10. The molecule has 5 heteroatoms. The Bertz CT molecular complexity index is 574. The summed E-state index contributed by atoms with van der Waals surface area (Å²) >= 11 is 3.46. The first-order valence-corrected chi connectivity index (χ1v) is 6.88. The molecule has 0 bridgehead atoms. The fourth-order valence-electron chi connectivity index (χ4n) is 2.01. The van der Waals surface area contributed by atoms with Crippen molar-refractivity contribution in [3.05, 3.63) is 50.6 Å². The molecule has 0 spiro atoms. The van der Waals surface area contributed by atoms with Gasteiger partial charge in [-0.15, -0.1) is 0 Å². The van der Waals surface area contributed by atoms with Crippen LogP contribution in [0.3, 0.4) is 0 Å². The smallest absolute Gasteiger partial charge is 0.279 e. The molecule has 0 atom stereocenters. The van der Waals surface area contributed by atoms with Gasteiger partial charge in [0.25, 0.3) is 0 Å². The van der Waals surface area contributed by atoms with Crippen LogP contribution in [0, 0.1) is 0 Å². The Balaban J connectivity index is 1.94. The lowest BCUT2D eigenvalue weighted by Crippen LogP contribution is -2.17. The number of aromatic amines is 1. The summed E-state index contributed by atoms with van der Waals surface area (Å²) in [7, 11) is 0. The number of nitrogens with one attached hydrogen (secondary N) is 1. The molecule has 96 valence electrons. The molecule has 4 nitrogen and oxygen atoms in total. The maximum absolute atomic E-state index is 11.4. The highest BCUT2D eigenvalue weighted by atomic mass is 79.9. The van der Waals surface area contributed by atoms with Crippen LogP contribution in [0.5, 0.6) is 0 Å². The van der Waals surface area contributed by atoms with Gasteiger partial charge in [-0.3, -0.25) is 4.57 Å². The first-order chi connectivity index (χ1) is 8.70. The van der Waals surface area contributed by atoms with Gasteiger partial charge in [0.2, 0.25) is 0 Å². The number of benzene rings is 1. The topological polar surface area (TPSA) is 50.7 Å². The average Bonchev–Trinajstić information content (AvgIpc) is 2.70. The number of H-pyrrole nitrogens is 1. The van der Waals surface area contributed by atoms with Gasteiger partial charge in [-0.25, -0.2) is 9.89 Å². The second-order valence-electron chi connectivity index (χ2n) is 4.17. The summed E-state index contributed by atoms with van der Waals surface area (Å²) in [4.78, 5) is 11.4. The highest BCUT2D eigenvalue weighted by Crippen LogP contribution is 2.13. The van der Waals surface area contributed by atoms with Crippen molar-refractivity contribution >= 4 is 15.9 Å². The van der Waals surface area contributed by atoms with Gasteiger partial charge in [-0.1, -0.05) is 28.1 Å². The number of aryl methyl sites for hydroxylation is 2. The van der Waals surface area contributed by atoms with Gasteiger partial charge in [0, 0.05) is 17.4 Å². The predicted octanol–water partition coefficient (Wildman–Crippen LogP) is 2.53. The van der Waals surface area contributed by atoms with Crippen molar-refractivity contribution in [2.24, 2.45) is 0 Å². The fourth-order valence-corrected chi connectivity index (χ4v) is 2.46. The van der Waals surface area contributed by atoms with Gasteiger partial charge in [0.05, 0.1) is 0 Å². The Labute approximate surface area is 114 Å². The molecule has 18 heavy (non-hydrogen) atoms. The fraction of sp³-hybridized carbons (Fsp3) is 0.385. The lowest BCUT2D eigenvalue weighted by molar-refractivity contribution is 0.654. The van der Waals surface area contributed by atoms with Crippen molar-refractivity contribution in [1.82, 2.24) is 14.8 Å². The van der Waals surface area contributed by atoms with E-state index >= 15 is 0 Å². The average molecular weight is 310 g/mol. The molecule has 0 aliphatic heterocycles. The molecule has 0 unspecified atom stereocenters. The van der Waals surface area contributed by atoms with E-state index in [2.05, 4.69) is 38.3 Å². The first kappa shape index (κ1) is 13.1. The number of halogens is 1. The normalized spacial score (nSPS) is 10.8. The second kappa shape index (κ2) is 6.00. The van der Waals surface area contributed by atoms with Gasteiger partial charge in [-0.05, 0) is 37.5 Å². The minimum absolute atomic E-state index is 0.116. The monoisotopic (exact) mass is 309 g/mol. The van der Waals surface area contributed by atoms with Gasteiger partial charge in [0.15, 0.2) is 0 Å². The summed E-state index contributed by atoms with van der Waals surface area (Å²) in [5.41, 5.74) is 1.18. The minimum atomic E-state index is -0.116. The van der Waals surface area contributed by atoms with Gasteiger partial charge < -0.3 is 0 Å². The van der Waals surface area contributed by atoms with Crippen LogP contribution in [0.25, 0.3) is 0 Å². The van der Waals surface area contributed by atoms with Gasteiger partial charge in [-0.2, -0.15) is 5.10 Å². The van der Waals surface area contributed by atoms with E-state index in [1.54, 1.807) is 4.57 Å². The quantitative estimate of drug-likeness (QED) is 0.922. The molecule has 0 amide bonds.